The first kappa shape index (κ1) is 26.1. The lowest BCUT2D eigenvalue weighted by molar-refractivity contribution is 0.388. The zero-order valence-corrected chi connectivity index (χ0v) is 22.6. The average Bonchev–Trinajstić information content (AvgIpc) is 3.51. The van der Waals surface area contributed by atoms with Crippen molar-refractivity contribution in [2.45, 2.75) is 59.9 Å². The van der Waals surface area contributed by atoms with Crippen molar-refractivity contribution in [3.63, 3.8) is 0 Å². The summed E-state index contributed by atoms with van der Waals surface area (Å²) in [5, 5.41) is 7.89. The maximum atomic E-state index is 13.8. The molecule has 0 saturated carbocycles. The van der Waals surface area contributed by atoms with E-state index in [-0.39, 0.29) is 5.56 Å². The van der Waals surface area contributed by atoms with E-state index < -0.39 is 5.76 Å². The third-order valence-electron chi connectivity index (χ3n) is 7.07. The van der Waals surface area contributed by atoms with Crippen LogP contribution in [0.5, 0.6) is 0 Å². The van der Waals surface area contributed by atoms with Crippen LogP contribution < -0.4 is 11.3 Å². The van der Waals surface area contributed by atoms with Gasteiger partial charge in [-0.25, -0.2) is 9.78 Å². The molecule has 0 aliphatic carbocycles. The van der Waals surface area contributed by atoms with Crippen LogP contribution in [0.3, 0.4) is 0 Å². The summed E-state index contributed by atoms with van der Waals surface area (Å²) in [6.45, 7) is 8.14. The van der Waals surface area contributed by atoms with Crippen LogP contribution in [0.15, 0.2) is 67.2 Å². The van der Waals surface area contributed by atoms with Gasteiger partial charge in [0.25, 0.3) is 5.56 Å². The zero-order chi connectivity index (χ0) is 27.5. The number of nitrogens with zero attached hydrogens (tertiary/aromatic N) is 4. The SMILES string of the molecule is CCCCc1nc(C)n(Cc2c(C)noc2C)c(=O)c1Cc1ccc(-c2ccccc2-c2noc(=O)[nH]2)cc1. The largest absolute Gasteiger partial charge is 0.439 e. The first-order valence-electron chi connectivity index (χ1n) is 13.1. The van der Waals surface area contributed by atoms with Gasteiger partial charge in [-0.2, -0.15) is 0 Å². The second kappa shape index (κ2) is 11.1. The Hall–Kier alpha value is -4.53. The molecule has 2 aromatic carbocycles. The van der Waals surface area contributed by atoms with E-state index in [2.05, 4.69) is 22.2 Å². The summed E-state index contributed by atoms with van der Waals surface area (Å²) in [4.78, 5) is 32.8. The molecule has 39 heavy (non-hydrogen) atoms. The molecule has 0 amide bonds. The number of benzene rings is 2. The second-order valence-corrected chi connectivity index (χ2v) is 9.74. The van der Waals surface area contributed by atoms with Gasteiger partial charge in [-0.05, 0) is 50.3 Å². The lowest BCUT2D eigenvalue weighted by atomic mass is 9.96. The van der Waals surface area contributed by atoms with Crippen molar-refractivity contribution in [1.29, 1.82) is 0 Å². The van der Waals surface area contributed by atoms with Crippen molar-refractivity contribution >= 4 is 0 Å². The maximum Gasteiger partial charge on any atom is 0.439 e. The molecule has 0 spiro atoms. The van der Waals surface area contributed by atoms with Crippen LogP contribution in [0.1, 0.15) is 59.4 Å². The molecule has 9 heteroatoms. The van der Waals surface area contributed by atoms with Gasteiger partial charge in [-0.3, -0.25) is 18.9 Å². The summed E-state index contributed by atoms with van der Waals surface area (Å²) in [6.07, 6.45) is 3.22. The first-order valence-corrected chi connectivity index (χ1v) is 13.1. The minimum absolute atomic E-state index is 0.0296. The maximum absolute atomic E-state index is 13.8. The van der Waals surface area contributed by atoms with Crippen molar-refractivity contribution in [1.82, 2.24) is 24.8 Å². The number of rotatable bonds is 9. The number of hydrogen-bond acceptors (Lipinski definition) is 7. The monoisotopic (exact) mass is 525 g/mol. The summed E-state index contributed by atoms with van der Waals surface area (Å²) < 4.78 is 11.7. The Kier molecular flexibility index (Phi) is 7.40. The minimum atomic E-state index is -0.597. The molecule has 0 atom stereocenters. The van der Waals surface area contributed by atoms with Crippen molar-refractivity contribution in [3.05, 3.63) is 109 Å². The minimum Gasteiger partial charge on any atom is -0.361 e. The van der Waals surface area contributed by atoms with E-state index in [1.807, 2.05) is 69.3 Å². The summed E-state index contributed by atoms with van der Waals surface area (Å²) >= 11 is 0. The Morgan fingerprint density at radius 2 is 1.64 bits per heavy atom. The Bertz CT molecular complexity index is 1700. The van der Waals surface area contributed by atoms with Gasteiger partial charge >= 0.3 is 5.76 Å². The van der Waals surface area contributed by atoms with E-state index >= 15 is 0 Å². The second-order valence-electron chi connectivity index (χ2n) is 9.74. The smallest absolute Gasteiger partial charge is 0.361 e. The molecular weight excluding hydrogens is 494 g/mol. The molecule has 0 unspecified atom stereocenters. The predicted octanol–water partition coefficient (Wildman–Crippen LogP) is 5.15. The molecule has 1 N–H and O–H groups in total. The van der Waals surface area contributed by atoms with E-state index in [4.69, 9.17) is 14.0 Å². The highest BCUT2D eigenvalue weighted by Gasteiger charge is 2.18. The molecule has 200 valence electrons. The fourth-order valence-corrected chi connectivity index (χ4v) is 4.85. The Labute approximate surface area is 225 Å². The average molecular weight is 526 g/mol. The van der Waals surface area contributed by atoms with E-state index in [1.165, 1.54) is 0 Å². The van der Waals surface area contributed by atoms with Gasteiger partial charge in [0.1, 0.15) is 11.6 Å². The molecule has 0 saturated heterocycles. The summed E-state index contributed by atoms with van der Waals surface area (Å²) in [5.41, 5.74) is 6.88. The molecule has 9 nitrogen and oxygen atoms in total. The van der Waals surface area contributed by atoms with Gasteiger partial charge in [0, 0.05) is 23.1 Å². The van der Waals surface area contributed by atoms with Crippen LogP contribution >= 0.6 is 0 Å². The molecule has 0 radical (unpaired) electrons. The highest BCUT2D eigenvalue weighted by Crippen LogP contribution is 2.30. The summed E-state index contributed by atoms with van der Waals surface area (Å²) in [5.74, 6) is 1.18. The molecule has 3 aromatic heterocycles. The van der Waals surface area contributed by atoms with Gasteiger partial charge in [-0.1, -0.05) is 72.2 Å². The van der Waals surface area contributed by atoms with E-state index in [9.17, 15) is 9.59 Å². The number of H-pyrrole nitrogens is 1. The predicted molar refractivity (Wildman–Crippen MR) is 148 cm³/mol. The molecule has 5 rings (SSSR count). The number of aryl methyl sites for hydroxylation is 4. The topological polar surface area (TPSA) is 120 Å². The van der Waals surface area contributed by atoms with Crippen molar-refractivity contribution in [2.75, 3.05) is 0 Å². The van der Waals surface area contributed by atoms with Gasteiger partial charge in [-0.15, -0.1) is 0 Å². The molecule has 3 heterocycles. The highest BCUT2D eigenvalue weighted by atomic mass is 16.5. The molecule has 0 bridgehead atoms. The molecule has 0 fully saturated rings. The molecule has 5 aromatic rings. The van der Waals surface area contributed by atoms with Crippen molar-refractivity contribution in [2.24, 2.45) is 0 Å². The Morgan fingerprint density at radius 3 is 2.28 bits per heavy atom. The fourth-order valence-electron chi connectivity index (χ4n) is 4.85. The van der Waals surface area contributed by atoms with Crippen LogP contribution in [0, 0.1) is 20.8 Å². The number of aromatic amines is 1. The first-order chi connectivity index (χ1) is 18.9. The Balaban J connectivity index is 1.49. The number of hydrogen-bond donors (Lipinski definition) is 1. The normalized spacial score (nSPS) is 11.3. The fraction of sp³-hybridized carbons (Fsp3) is 0.300. The van der Waals surface area contributed by atoms with Gasteiger partial charge in [0.15, 0.2) is 5.82 Å². The molecule has 0 aliphatic heterocycles. The van der Waals surface area contributed by atoms with Gasteiger partial charge in [0.2, 0.25) is 0 Å². The van der Waals surface area contributed by atoms with Crippen LogP contribution in [0.4, 0.5) is 0 Å². The standard InChI is InChI=1S/C30H31N5O4/c1-5-6-11-27-25(29(36)35(20(4)31-27)17-26-18(2)33-38-19(26)3)16-21-12-14-22(15-13-21)23-9-7-8-10-24(23)28-32-30(37)39-34-28/h7-10,12-15H,5-6,11,16-17H2,1-4H3,(H,32,34,37). The quantitative estimate of drug-likeness (QED) is 0.283. The highest BCUT2D eigenvalue weighted by molar-refractivity contribution is 5.80. The summed E-state index contributed by atoms with van der Waals surface area (Å²) in [6, 6.07) is 15.8. The van der Waals surface area contributed by atoms with E-state index in [0.717, 1.165) is 58.5 Å². The summed E-state index contributed by atoms with van der Waals surface area (Å²) in [7, 11) is 0. The third-order valence-corrected chi connectivity index (χ3v) is 7.07. The number of aromatic nitrogens is 5. The van der Waals surface area contributed by atoms with Crippen molar-refractivity contribution in [3.8, 4) is 22.5 Å². The van der Waals surface area contributed by atoms with Gasteiger partial charge < -0.3 is 4.52 Å². The molecule has 0 aliphatic rings. The van der Waals surface area contributed by atoms with E-state index in [0.29, 0.717) is 35.9 Å². The Morgan fingerprint density at radius 1 is 0.897 bits per heavy atom. The van der Waals surface area contributed by atoms with Gasteiger partial charge in [0.05, 0.1) is 17.9 Å². The van der Waals surface area contributed by atoms with Crippen LogP contribution in [0.25, 0.3) is 22.5 Å². The van der Waals surface area contributed by atoms with Crippen LogP contribution in [-0.4, -0.2) is 24.8 Å². The van der Waals surface area contributed by atoms with Crippen LogP contribution in [0.2, 0.25) is 0 Å². The van der Waals surface area contributed by atoms with Crippen molar-refractivity contribution < 1.29 is 9.05 Å². The zero-order valence-electron chi connectivity index (χ0n) is 22.6. The van der Waals surface area contributed by atoms with Crippen LogP contribution in [-0.2, 0) is 19.4 Å². The lowest BCUT2D eigenvalue weighted by Crippen LogP contribution is -2.30. The molecular formula is C30H31N5O4. The third kappa shape index (κ3) is 5.38. The van der Waals surface area contributed by atoms with E-state index in [1.54, 1.807) is 4.57 Å². The lowest BCUT2D eigenvalue weighted by Gasteiger charge is -2.16. The number of unbranched alkanes of at least 4 members (excludes halogenated alkanes) is 1. The number of nitrogens with one attached hydrogen (secondary N) is 1.